The van der Waals surface area contributed by atoms with Crippen LogP contribution in [0.3, 0.4) is 0 Å². The van der Waals surface area contributed by atoms with Crippen molar-refractivity contribution in [1.82, 2.24) is 9.36 Å². The van der Waals surface area contributed by atoms with E-state index in [0.717, 1.165) is 30.5 Å². The molecule has 0 radical (unpaired) electrons. The van der Waals surface area contributed by atoms with E-state index in [1.54, 1.807) is 0 Å². The van der Waals surface area contributed by atoms with Crippen molar-refractivity contribution in [2.24, 2.45) is 5.92 Å². The van der Waals surface area contributed by atoms with Crippen molar-refractivity contribution in [3.05, 3.63) is 5.82 Å². The normalized spacial score (nSPS) is 19.5. The molecular formula is C9H15N3OS. The third-order valence-corrected chi connectivity index (χ3v) is 3.45. The highest BCUT2D eigenvalue weighted by Crippen LogP contribution is 2.27. The van der Waals surface area contributed by atoms with Gasteiger partial charge in [0.15, 0.2) is 0 Å². The molecule has 78 valence electrons. The number of aromatic nitrogens is 2. The highest BCUT2D eigenvalue weighted by Gasteiger charge is 2.32. The molecule has 5 heteroatoms. The second kappa shape index (κ2) is 3.82. The van der Waals surface area contributed by atoms with Crippen LogP contribution in [0.2, 0.25) is 0 Å². The van der Waals surface area contributed by atoms with Crippen LogP contribution >= 0.6 is 11.5 Å². The molecule has 1 fully saturated rings. The SMILES string of the molecule is CCc1nsc(N2CC([C@H](C)O)C2)n1. The van der Waals surface area contributed by atoms with Crippen LogP contribution < -0.4 is 4.90 Å². The van der Waals surface area contributed by atoms with Gasteiger partial charge in [-0.3, -0.25) is 0 Å². The smallest absolute Gasteiger partial charge is 0.205 e. The Balaban J connectivity index is 1.93. The molecule has 2 rings (SSSR count). The van der Waals surface area contributed by atoms with E-state index in [4.69, 9.17) is 0 Å². The molecule has 2 heterocycles. The van der Waals surface area contributed by atoms with Gasteiger partial charge < -0.3 is 10.0 Å². The van der Waals surface area contributed by atoms with Gasteiger partial charge in [-0.05, 0) is 6.92 Å². The third-order valence-electron chi connectivity index (χ3n) is 2.64. The molecule has 1 atom stereocenters. The number of nitrogens with zero attached hydrogens (tertiary/aromatic N) is 3. The lowest BCUT2D eigenvalue weighted by atomic mass is 9.96. The van der Waals surface area contributed by atoms with Crippen molar-refractivity contribution >= 4 is 16.7 Å². The van der Waals surface area contributed by atoms with Gasteiger partial charge in [-0.25, -0.2) is 4.98 Å². The Labute approximate surface area is 87.8 Å². The molecule has 1 saturated heterocycles. The molecule has 0 aromatic carbocycles. The van der Waals surface area contributed by atoms with Crippen LogP contribution in [0.15, 0.2) is 0 Å². The molecule has 1 aromatic rings. The molecule has 0 spiro atoms. The van der Waals surface area contributed by atoms with Crippen LogP contribution in [-0.4, -0.2) is 33.7 Å². The summed E-state index contributed by atoms with van der Waals surface area (Å²) in [7, 11) is 0. The first-order valence-corrected chi connectivity index (χ1v) is 5.73. The van der Waals surface area contributed by atoms with E-state index < -0.39 is 0 Å². The van der Waals surface area contributed by atoms with Crippen LogP contribution in [0.4, 0.5) is 5.13 Å². The van der Waals surface area contributed by atoms with Gasteiger partial charge >= 0.3 is 0 Å². The molecule has 0 bridgehead atoms. The molecule has 1 aromatic heterocycles. The van der Waals surface area contributed by atoms with Crippen molar-refractivity contribution in [2.45, 2.75) is 26.4 Å². The Kier molecular flexibility index (Phi) is 2.69. The van der Waals surface area contributed by atoms with Crippen molar-refractivity contribution in [2.75, 3.05) is 18.0 Å². The summed E-state index contributed by atoms with van der Waals surface area (Å²) < 4.78 is 4.23. The molecule has 0 unspecified atom stereocenters. The van der Waals surface area contributed by atoms with Crippen molar-refractivity contribution in [1.29, 1.82) is 0 Å². The van der Waals surface area contributed by atoms with Crippen LogP contribution in [0, 0.1) is 5.92 Å². The molecule has 0 saturated carbocycles. The second-order valence-electron chi connectivity index (χ2n) is 3.75. The van der Waals surface area contributed by atoms with Crippen molar-refractivity contribution in [3.8, 4) is 0 Å². The molecule has 0 aliphatic carbocycles. The molecular weight excluding hydrogens is 198 g/mol. The summed E-state index contributed by atoms with van der Waals surface area (Å²) in [6, 6.07) is 0. The van der Waals surface area contributed by atoms with Gasteiger partial charge in [0.1, 0.15) is 5.82 Å². The minimum atomic E-state index is -0.204. The number of hydrogen-bond acceptors (Lipinski definition) is 5. The summed E-state index contributed by atoms with van der Waals surface area (Å²) in [5.41, 5.74) is 0. The summed E-state index contributed by atoms with van der Waals surface area (Å²) in [6.07, 6.45) is 0.689. The zero-order valence-electron chi connectivity index (χ0n) is 8.47. The maximum atomic E-state index is 9.33. The van der Waals surface area contributed by atoms with E-state index in [1.807, 2.05) is 6.92 Å². The minimum absolute atomic E-state index is 0.204. The van der Waals surface area contributed by atoms with Crippen molar-refractivity contribution in [3.63, 3.8) is 0 Å². The zero-order chi connectivity index (χ0) is 10.1. The quantitative estimate of drug-likeness (QED) is 0.811. The number of anilines is 1. The van der Waals surface area contributed by atoms with E-state index >= 15 is 0 Å². The van der Waals surface area contributed by atoms with Crippen molar-refractivity contribution < 1.29 is 5.11 Å². The predicted molar refractivity (Wildman–Crippen MR) is 56.7 cm³/mol. The summed E-state index contributed by atoms with van der Waals surface area (Å²) in [4.78, 5) is 6.57. The first-order chi connectivity index (χ1) is 6.70. The van der Waals surface area contributed by atoms with E-state index in [0.29, 0.717) is 5.92 Å². The van der Waals surface area contributed by atoms with Gasteiger partial charge in [0, 0.05) is 37.0 Å². The fourth-order valence-corrected chi connectivity index (χ4v) is 2.26. The number of hydrogen-bond donors (Lipinski definition) is 1. The molecule has 1 aliphatic rings. The van der Waals surface area contributed by atoms with Gasteiger partial charge in [-0.2, -0.15) is 4.37 Å². The Morgan fingerprint density at radius 2 is 2.36 bits per heavy atom. The molecule has 1 aliphatic heterocycles. The van der Waals surface area contributed by atoms with Gasteiger partial charge in [0.25, 0.3) is 0 Å². The standard InChI is InChI=1S/C9H15N3OS/c1-3-8-10-9(14-11-8)12-4-7(5-12)6(2)13/h6-7,13H,3-5H2,1-2H3/t6-/m0/s1. The summed E-state index contributed by atoms with van der Waals surface area (Å²) >= 11 is 1.45. The topological polar surface area (TPSA) is 49.2 Å². The Morgan fingerprint density at radius 3 is 2.86 bits per heavy atom. The number of rotatable bonds is 3. The minimum Gasteiger partial charge on any atom is -0.393 e. The summed E-state index contributed by atoms with van der Waals surface area (Å²) in [6.45, 7) is 5.73. The van der Waals surface area contributed by atoms with E-state index in [2.05, 4.69) is 21.2 Å². The lowest BCUT2D eigenvalue weighted by molar-refractivity contribution is 0.107. The summed E-state index contributed by atoms with van der Waals surface area (Å²) in [5.74, 6) is 1.33. The van der Waals surface area contributed by atoms with Gasteiger partial charge in [0.2, 0.25) is 5.13 Å². The maximum Gasteiger partial charge on any atom is 0.205 e. The van der Waals surface area contributed by atoms with Crippen LogP contribution in [0.25, 0.3) is 0 Å². The zero-order valence-corrected chi connectivity index (χ0v) is 9.29. The van der Waals surface area contributed by atoms with Gasteiger partial charge in [0.05, 0.1) is 6.10 Å². The number of aryl methyl sites for hydroxylation is 1. The highest BCUT2D eigenvalue weighted by atomic mass is 32.1. The second-order valence-corrected chi connectivity index (χ2v) is 4.48. The van der Waals surface area contributed by atoms with Crippen LogP contribution in [0.1, 0.15) is 19.7 Å². The van der Waals surface area contributed by atoms with Gasteiger partial charge in [-0.15, -0.1) is 0 Å². The molecule has 14 heavy (non-hydrogen) atoms. The first kappa shape index (κ1) is 9.86. The molecule has 4 nitrogen and oxygen atoms in total. The Morgan fingerprint density at radius 1 is 1.64 bits per heavy atom. The monoisotopic (exact) mass is 213 g/mol. The largest absolute Gasteiger partial charge is 0.393 e. The van der Waals surface area contributed by atoms with Crippen LogP contribution in [-0.2, 0) is 6.42 Å². The third kappa shape index (κ3) is 1.74. The molecule has 0 amide bonds. The lowest BCUT2D eigenvalue weighted by Gasteiger charge is -2.40. The molecule has 1 N–H and O–H groups in total. The van der Waals surface area contributed by atoms with Crippen LogP contribution in [0.5, 0.6) is 0 Å². The van der Waals surface area contributed by atoms with Gasteiger partial charge in [-0.1, -0.05) is 6.92 Å². The maximum absolute atomic E-state index is 9.33. The fourth-order valence-electron chi connectivity index (χ4n) is 1.49. The fraction of sp³-hybridized carbons (Fsp3) is 0.778. The van der Waals surface area contributed by atoms with E-state index in [1.165, 1.54) is 11.5 Å². The Bertz CT molecular complexity index is 307. The summed E-state index contributed by atoms with van der Waals surface area (Å²) in [5, 5.41) is 10.3. The lowest BCUT2D eigenvalue weighted by Crippen LogP contribution is -2.51. The first-order valence-electron chi connectivity index (χ1n) is 4.96. The van der Waals surface area contributed by atoms with E-state index in [9.17, 15) is 5.11 Å². The number of aliphatic hydroxyl groups is 1. The highest BCUT2D eigenvalue weighted by molar-refractivity contribution is 7.09. The van der Waals surface area contributed by atoms with E-state index in [-0.39, 0.29) is 6.10 Å². The Hall–Kier alpha value is -0.680. The average molecular weight is 213 g/mol. The number of aliphatic hydroxyl groups excluding tert-OH is 1. The predicted octanol–water partition coefficient (Wildman–Crippen LogP) is 0.917. The average Bonchev–Trinajstić information content (AvgIpc) is 2.49.